The minimum Gasteiger partial charge on any atom is -0.464 e. The maximum Gasteiger partial charge on any atom is 0.417 e. The van der Waals surface area contributed by atoms with Crippen molar-refractivity contribution in [2.75, 3.05) is 6.61 Å². The molecule has 0 spiro atoms. The Balaban J connectivity index is 1.46. The third-order valence-electron chi connectivity index (χ3n) is 6.31. The molecule has 8 nitrogen and oxygen atoms in total. The molecule has 8 heteroatoms. The Morgan fingerprint density at radius 3 is 2.49 bits per heavy atom. The number of esters is 1. The Kier molecular flexibility index (Phi) is 7.86. The van der Waals surface area contributed by atoms with Crippen LogP contribution in [0, 0.1) is 5.92 Å². The second-order valence-electron chi connectivity index (χ2n) is 10.2. The molecule has 4 rings (SSSR count). The van der Waals surface area contributed by atoms with E-state index in [0.29, 0.717) is 6.42 Å². The van der Waals surface area contributed by atoms with E-state index in [-0.39, 0.29) is 13.0 Å². The van der Waals surface area contributed by atoms with Gasteiger partial charge in [-0.05, 0) is 88.3 Å². The summed E-state index contributed by atoms with van der Waals surface area (Å²) in [4.78, 5) is 39.3. The molecule has 1 fully saturated rings. The van der Waals surface area contributed by atoms with Crippen LogP contribution in [0.5, 0.6) is 0 Å². The second-order valence-corrected chi connectivity index (χ2v) is 10.2. The first-order valence-electron chi connectivity index (χ1n) is 12.7. The second kappa shape index (κ2) is 11.1. The summed E-state index contributed by atoms with van der Waals surface area (Å²) in [6, 6.07) is 13.0. The van der Waals surface area contributed by atoms with Crippen molar-refractivity contribution in [1.29, 1.82) is 0 Å². The molecule has 0 N–H and O–H groups in total. The Morgan fingerprint density at radius 2 is 1.76 bits per heavy atom. The molecule has 194 valence electrons. The highest BCUT2D eigenvalue weighted by Crippen LogP contribution is 2.32. The van der Waals surface area contributed by atoms with E-state index in [1.165, 1.54) is 5.56 Å². The van der Waals surface area contributed by atoms with Crippen molar-refractivity contribution >= 4 is 35.4 Å². The number of carbonyl (C=O) groups is 3. The molecule has 2 aromatic rings. The Bertz CT molecular complexity index is 1240. The van der Waals surface area contributed by atoms with Crippen LogP contribution < -0.4 is 0 Å². The largest absolute Gasteiger partial charge is 0.464 e. The number of imide groups is 1. The standard InChI is InChI=1S/C29H33N3O5/c1-5-36-27(34)25-18-22(26(33)32(25)28(35)37-29(2,3)4)11-8-9-19-13-16-24-21(17-19)15-14-20-10-6-7-12-23(20)30-31-24/h6-10,12-13,16-17,22,25H,5,11,14-15,18H2,1-4H3/b9-8+,31-30?/t22-,25+/m1/s1. The summed E-state index contributed by atoms with van der Waals surface area (Å²) in [6.07, 6.45) is 5.35. The summed E-state index contributed by atoms with van der Waals surface area (Å²) < 4.78 is 10.5. The van der Waals surface area contributed by atoms with Crippen molar-refractivity contribution in [3.63, 3.8) is 0 Å². The summed E-state index contributed by atoms with van der Waals surface area (Å²) in [5.74, 6) is -1.53. The molecule has 1 saturated heterocycles. The minimum absolute atomic E-state index is 0.166. The van der Waals surface area contributed by atoms with Crippen LogP contribution in [-0.2, 0) is 31.9 Å². The SMILES string of the molecule is CCOC(=O)[C@@H]1C[C@@H](C/C=C/c2ccc3c(c2)CCc2ccccc2N=N3)C(=O)N1C(=O)OC(C)(C)C. The van der Waals surface area contributed by atoms with Gasteiger partial charge in [-0.1, -0.05) is 36.4 Å². The van der Waals surface area contributed by atoms with Crippen LogP contribution in [0.4, 0.5) is 16.2 Å². The molecule has 0 aliphatic carbocycles. The minimum atomic E-state index is -0.981. The molecular formula is C29H33N3O5. The van der Waals surface area contributed by atoms with Gasteiger partial charge in [-0.15, -0.1) is 0 Å². The van der Waals surface area contributed by atoms with E-state index in [2.05, 4.69) is 22.4 Å². The van der Waals surface area contributed by atoms with Crippen molar-refractivity contribution in [3.05, 3.63) is 65.2 Å². The fourth-order valence-electron chi connectivity index (χ4n) is 4.56. The lowest BCUT2D eigenvalue weighted by atomic mass is 9.98. The van der Waals surface area contributed by atoms with Crippen LogP contribution in [0.2, 0.25) is 0 Å². The number of ether oxygens (including phenoxy) is 2. The molecule has 2 atom stereocenters. The zero-order valence-corrected chi connectivity index (χ0v) is 21.8. The number of carbonyl (C=O) groups excluding carboxylic acids is 3. The smallest absolute Gasteiger partial charge is 0.417 e. The van der Waals surface area contributed by atoms with Crippen molar-refractivity contribution < 1.29 is 23.9 Å². The third-order valence-corrected chi connectivity index (χ3v) is 6.31. The molecule has 2 aliphatic heterocycles. The number of aryl methyl sites for hydroxylation is 2. The van der Waals surface area contributed by atoms with Gasteiger partial charge >= 0.3 is 12.1 Å². The Morgan fingerprint density at radius 1 is 1.05 bits per heavy atom. The molecule has 0 unspecified atom stereocenters. The molecule has 37 heavy (non-hydrogen) atoms. The highest BCUT2D eigenvalue weighted by molar-refractivity contribution is 6.00. The van der Waals surface area contributed by atoms with Crippen molar-refractivity contribution in [3.8, 4) is 0 Å². The van der Waals surface area contributed by atoms with E-state index in [0.717, 1.165) is 40.2 Å². The first-order valence-corrected chi connectivity index (χ1v) is 12.7. The lowest BCUT2D eigenvalue weighted by molar-refractivity contribution is -0.151. The molecule has 0 saturated carbocycles. The van der Waals surface area contributed by atoms with Crippen LogP contribution in [0.3, 0.4) is 0 Å². The first-order chi connectivity index (χ1) is 17.7. The fraction of sp³-hybridized carbons (Fsp3) is 0.414. The number of likely N-dealkylation sites (tertiary alicyclic amines) is 1. The highest BCUT2D eigenvalue weighted by Gasteiger charge is 2.48. The number of amides is 2. The number of rotatable bonds is 5. The monoisotopic (exact) mass is 503 g/mol. The van der Waals surface area contributed by atoms with Crippen molar-refractivity contribution in [2.24, 2.45) is 16.1 Å². The van der Waals surface area contributed by atoms with E-state index in [1.807, 2.05) is 42.5 Å². The van der Waals surface area contributed by atoms with Crippen molar-refractivity contribution in [1.82, 2.24) is 4.90 Å². The quantitative estimate of drug-likeness (QED) is 0.445. The average Bonchev–Trinajstić information content (AvgIpc) is 3.16. The molecule has 2 aliphatic rings. The maximum absolute atomic E-state index is 13.1. The van der Waals surface area contributed by atoms with E-state index in [1.54, 1.807) is 27.7 Å². The van der Waals surface area contributed by atoms with Gasteiger partial charge in [0, 0.05) is 5.92 Å². The van der Waals surface area contributed by atoms with Crippen LogP contribution >= 0.6 is 0 Å². The molecule has 2 heterocycles. The lowest BCUT2D eigenvalue weighted by Gasteiger charge is -2.26. The summed E-state index contributed by atoms with van der Waals surface area (Å²) in [5, 5.41) is 8.84. The Hall–Kier alpha value is -3.81. The van der Waals surface area contributed by atoms with Gasteiger partial charge in [-0.2, -0.15) is 10.2 Å². The lowest BCUT2D eigenvalue weighted by Crippen LogP contribution is -2.46. The van der Waals surface area contributed by atoms with Gasteiger partial charge in [0.05, 0.1) is 18.0 Å². The zero-order valence-electron chi connectivity index (χ0n) is 21.8. The first kappa shape index (κ1) is 26.3. The number of hydrogen-bond donors (Lipinski definition) is 0. The summed E-state index contributed by atoms with van der Waals surface area (Å²) >= 11 is 0. The number of hydrogen-bond acceptors (Lipinski definition) is 7. The molecule has 2 aromatic carbocycles. The number of allylic oxidation sites excluding steroid dienone is 1. The van der Waals surface area contributed by atoms with Gasteiger partial charge in [0.1, 0.15) is 11.6 Å². The fourth-order valence-corrected chi connectivity index (χ4v) is 4.56. The van der Waals surface area contributed by atoms with Gasteiger partial charge in [0.25, 0.3) is 0 Å². The van der Waals surface area contributed by atoms with Gasteiger partial charge < -0.3 is 9.47 Å². The van der Waals surface area contributed by atoms with Crippen LogP contribution in [-0.4, -0.2) is 41.1 Å². The van der Waals surface area contributed by atoms with Gasteiger partial charge in [-0.25, -0.2) is 14.5 Å². The zero-order chi connectivity index (χ0) is 26.6. The van der Waals surface area contributed by atoms with Crippen LogP contribution in [0.1, 0.15) is 57.2 Å². The van der Waals surface area contributed by atoms with E-state index < -0.39 is 35.5 Å². The van der Waals surface area contributed by atoms with E-state index in [4.69, 9.17) is 9.47 Å². The van der Waals surface area contributed by atoms with Gasteiger partial charge in [-0.3, -0.25) is 4.79 Å². The predicted molar refractivity (Wildman–Crippen MR) is 140 cm³/mol. The molecular weight excluding hydrogens is 470 g/mol. The average molecular weight is 504 g/mol. The Labute approximate surface area is 217 Å². The summed E-state index contributed by atoms with van der Waals surface area (Å²) in [5.41, 5.74) is 4.22. The summed E-state index contributed by atoms with van der Waals surface area (Å²) in [7, 11) is 0. The molecule has 0 bridgehead atoms. The third kappa shape index (κ3) is 6.31. The van der Waals surface area contributed by atoms with Gasteiger partial charge in [0.15, 0.2) is 0 Å². The topological polar surface area (TPSA) is 97.6 Å². The number of benzene rings is 2. The maximum atomic E-state index is 13.1. The number of azo groups is 1. The number of nitrogens with zero attached hydrogens (tertiary/aromatic N) is 3. The van der Waals surface area contributed by atoms with Gasteiger partial charge in [0.2, 0.25) is 5.91 Å². The molecule has 2 amide bonds. The normalized spacial score (nSPS) is 19.2. The summed E-state index contributed by atoms with van der Waals surface area (Å²) in [6.45, 7) is 7.00. The van der Waals surface area contributed by atoms with Crippen LogP contribution in [0.25, 0.3) is 6.08 Å². The predicted octanol–water partition coefficient (Wildman–Crippen LogP) is 6.32. The van der Waals surface area contributed by atoms with Crippen LogP contribution in [0.15, 0.2) is 58.8 Å². The molecule has 0 radical (unpaired) electrons. The number of fused-ring (bicyclic) bond motifs is 2. The van der Waals surface area contributed by atoms with Crippen molar-refractivity contribution in [2.45, 2.75) is 65.0 Å². The van der Waals surface area contributed by atoms with E-state index in [9.17, 15) is 14.4 Å². The highest BCUT2D eigenvalue weighted by atomic mass is 16.6. The van der Waals surface area contributed by atoms with E-state index >= 15 is 0 Å². The molecule has 0 aromatic heterocycles.